The van der Waals surface area contributed by atoms with Gasteiger partial charge in [-0.3, -0.25) is 0 Å². The lowest BCUT2D eigenvalue weighted by Gasteiger charge is -2.08. The molecular weight excluding hydrogens is 268 g/mol. The molecule has 0 aliphatic rings. The van der Waals surface area contributed by atoms with Crippen LogP contribution in [-0.4, -0.2) is 16.2 Å². The van der Waals surface area contributed by atoms with E-state index in [2.05, 4.69) is 5.32 Å². The molecule has 3 N–H and O–H groups in total. The van der Waals surface area contributed by atoms with Gasteiger partial charge in [-0.1, -0.05) is 6.07 Å². The van der Waals surface area contributed by atoms with Crippen LogP contribution in [0.1, 0.15) is 15.9 Å². The normalized spacial score (nSPS) is 10.3. The number of benzene rings is 2. The minimum atomic E-state index is -1.06. The van der Waals surface area contributed by atoms with Crippen molar-refractivity contribution in [2.24, 2.45) is 0 Å². The van der Waals surface area contributed by atoms with E-state index in [-0.39, 0.29) is 12.1 Å². The average Bonchev–Trinajstić information content (AvgIpc) is 2.42. The highest BCUT2D eigenvalue weighted by Crippen LogP contribution is 2.22. The van der Waals surface area contributed by atoms with Crippen LogP contribution in [-0.2, 0) is 6.54 Å². The molecule has 0 amide bonds. The van der Waals surface area contributed by atoms with Crippen LogP contribution in [0.25, 0.3) is 0 Å². The van der Waals surface area contributed by atoms with Crippen LogP contribution in [0, 0.1) is 11.6 Å². The second-order valence-corrected chi connectivity index (χ2v) is 4.15. The first kappa shape index (κ1) is 13.8. The van der Waals surface area contributed by atoms with E-state index in [0.29, 0.717) is 11.3 Å². The maximum atomic E-state index is 13.1. The Balaban J connectivity index is 2.13. The van der Waals surface area contributed by atoms with E-state index in [1.807, 2.05) is 0 Å². The van der Waals surface area contributed by atoms with Gasteiger partial charge in [0.1, 0.15) is 0 Å². The quantitative estimate of drug-likeness (QED) is 0.804. The second-order valence-electron chi connectivity index (χ2n) is 4.15. The van der Waals surface area contributed by atoms with Crippen LogP contribution < -0.4 is 5.32 Å². The lowest BCUT2D eigenvalue weighted by atomic mass is 10.1. The zero-order chi connectivity index (χ0) is 14.7. The molecule has 4 nitrogen and oxygen atoms in total. The van der Waals surface area contributed by atoms with Crippen molar-refractivity contribution in [1.82, 2.24) is 0 Å². The van der Waals surface area contributed by atoms with Gasteiger partial charge < -0.3 is 15.5 Å². The maximum Gasteiger partial charge on any atom is 0.335 e. The van der Waals surface area contributed by atoms with Gasteiger partial charge in [-0.25, -0.2) is 13.6 Å². The van der Waals surface area contributed by atoms with E-state index in [9.17, 15) is 13.6 Å². The monoisotopic (exact) mass is 279 g/mol. The summed E-state index contributed by atoms with van der Waals surface area (Å²) in [5, 5.41) is 20.7. The van der Waals surface area contributed by atoms with Crippen LogP contribution in [0.15, 0.2) is 36.4 Å². The van der Waals surface area contributed by atoms with Crippen LogP contribution in [0.3, 0.4) is 0 Å². The molecule has 0 aliphatic carbocycles. The minimum absolute atomic E-state index is 0.0944. The molecule has 0 bridgehead atoms. The second kappa shape index (κ2) is 5.56. The zero-order valence-corrected chi connectivity index (χ0v) is 10.2. The molecule has 0 radical (unpaired) electrons. The SMILES string of the molecule is O=C(O)c1cccc(NCc2cc(F)c(O)c(F)c2)c1. The third kappa shape index (κ3) is 3.03. The Morgan fingerprint density at radius 1 is 1.15 bits per heavy atom. The molecule has 0 atom stereocenters. The van der Waals surface area contributed by atoms with Crippen LogP contribution in [0.2, 0.25) is 0 Å². The van der Waals surface area contributed by atoms with Crippen molar-refractivity contribution in [3.8, 4) is 5.75 Å². The van der Waals surface area contributed by atoms with Crippen LogP contribution in [0.4, 0.5) is 14.5 Å². The highest BCUT2D eigenvalue weighted by Gasteiger charge is 2.09. The first-order valence-corrected chi connectivity index (χ1v) is 5.71. The van der Waals surface area contributed by atoms with Gasteiger partial charge in [0.15, 0.2) is 17.4 Å². The number of phenolic OH excluding ortho intramolecular Hbond substituents is 1. The summed E-state index contributed by atoms with van der Waals surface area (Å²) < 4.78 is 26.3. The highest BCUT2D eigenvalue weighted by molar-refractivity contribution is 5.88. The number of hydrogen-bond donors (Lipinski definition) is 3. The highest BCUT2D eigenvalue weighted by atomic mass is 19.1. The number of halogens is 2. The van der Waals surface area contributed by atoms with Gasteiger partial charge in [0.2, 0.25) is 0 Å². The largest absolute Gasteiger partial charge is 0.503 e. The number of phenols is 1. The topological polar surface area (TPSA) is 69.6 Å². The molecule has 0 unspecified atom stereocenters. The number of aromatic carboxylic acids is 1. The fraction of sp³-hybridized carbons (Fsp3) is 0.0714. The molecule has 6 heteroatoms. The number of rotatable bonds is 4. The van der Waals surface area contributed by atoms with Crippen molar-refractivity contribution in [3.63, 3.8) is 0 Å². The molecule has 2 aromatic carbocycles. The summed E-state index contributed by atoms with van der Waals surface area (Å²) in [5.41, 5.74) is 0.912. The lowest BCUT2D eigenvalue weighted by Crippen LogP contribution is -2.03. The van der Waals surface area contributed by atoms with E-state index in [1.165, 1.54) is 12.1 Å². The predicted octanol–water partition coefficient (Wildman–Crippen LogP) is 2.98. The summed E-state index contributed by atoms with van der Waals surface area (Å²) in [6.07, 6.45) is 0. The Kier molecular flexibility index (Phi) is 3.84. The molecule has 0 fully saturated rings. The summed E-state index contributed by atoms with van der Waals surface area (Å²) >= 11 is 0. The standard InChI is InChI=1S/C14H11F2NO3/c15-11-4-8(5-12(16)13(11)18)7-17-10-3-1-2-9(6-10)14(19)20/h1-6,17-18H,7H2,(H,19,20). The van der Waals surface area contributed by atoms with Gasteiger partial charge in [-0.2, -0.15) is 0 Å². The van der Waals surface area contributed by atoms with E-state index >= 15 is 0 Å². The molecular formula is C14H11F2NO3. The van der Waals surface area contributed by atoms with Crippen molar-refractivity contribution < 1.29 is 23.8 Å². The molecule has 2 aromatic rings. The van der Waals surface area contributed by atoms with E-state index in [4.69, 9.17) is 10.2 Å². The summed E-state index contributed by atoms with van der Waals surface area (Å²) in [4.78, 5) is 10.8. The number of hydrogen-bond acceptors (Lipinski definition) is 3. The number of anilines is 1. The van der Waals surface area contributed by atoms with Gasteiger partial charge in [-0.05, 0) is 35.9 Å². The summed E-state index contributed by atoms with van der Waals surface area (Å²) in [7, 11) is 0. The van der Waals surface area contributed by atoms with Crippen molar-refractivity contribution in [2.45, 2.75) is 6.54 Å². The Morgan fingerprint density at radius 2 is 1.80 bits per heavy atom. The van der Waals surface area contributed by atoms with Crippen molar-refractivity contribution in [3.05, 3.63) is 59.2 Å². The Hall–Kier alpha value is -2.63. The predicted molar refractivity (Wildman–Crippen MR) is 68.8 cm³/mol. The molecule has 0 spiro atoms. The Bertz CT molecular complexity index is 636. The number of carboxylic acids is 1. The summed E-state index contributed by atoms with van der Waals surface area (Å²) in [5.74, 6) is -4.15. The van der Waals surface area contributed by atoms with Crippen molar-refractivity contribution >= 4 is 11.7 Å². The fourth-order valence-electron chi connectivity index (χ4n) is 1.69. The molecule has 0 saturated heterocycles. The molecule has 104 valence electrons. The smallest absolute Gasteiger partial charge is 0.335 e. The number of aromatic hydroxyl groups is 1. The number of carboxylic acid groups (broad SMARTS) is 1. The number of carbonyl (C=O) groups is 1. The van der Waals surface area contributed by atoms with Gasteiger partial charge in [-0.15, -0.1) is 0 Å². The molecule has 2 rings (SSSR count). The van der Waals surface area contributed by atoms with Gasteiger partial charge in [0, 0.05) is 12.2 Å². The van der Waals surface area contributed by atoms with Gasteiger partial charge in [0.25, 0.3) is 0 Å². The molecule has 0 heterocycles. The van der Waals surface area contributed by atoms with E-state index < -0.39 is 23.4 Å². The lowest BCUT2D eigenvalue weighted by molar-refractivity contribution is 0.0697. The van der Waals surface area contributed by atoms with Gasteiger partial charge >= 0.3 is 5.97 Å². The minimum Gasteiger partial charge on any atom is -0.503 e. The summed E-state index contributed by atoms with van der Waals surface area (Å²) in [6, 6.07) is 8.06. The van der Waals surface area contributed by atoms with Gasteiger partial charge in [0.05, 0.1) is 5.56 Å². The molecule has 0 aliphatic heterocycles. The molecule has 0 saturated carbocycles. The van der Waals surface area contributed by atoms with E-state index in [0.717, 1.165) is 12.1 Å². The number of nitrogens with one attached hydrogen (secondary N) is 1. The van der Waals surface area contributed by atoms with Crippen molar-refractivity contribution in [1.29, 1.82) is 0 Å². The first-order chi connectivity index (χ1) is 9.47. The Morgan fingerprint density at radius 3 is 2.40 bits per heavy atom. The fourth-order valence-corrected chi connectivity index (χ4v) is 1.69. The van der Waals surface area contributed by atoms with Crippen LogP contribution in [0.5, 0.6) is 5.75 Å². The zero-order valence-electron chi connectivity index (χ0n) is 10.2. The Labute approximate surface area is 113 Å². The first-order valence-electron chi connectivity index (χ1n) is 5.71. The maximum absolute atomic E-state index is 13.1. The van der Waals surface area contributed by atoms with E-state index in [1.54, 1.807) is 12.1 Å². The van der Waals surface area contributed by atoms with Crippen LogP contribution >= 0.6 is 0 Å². The molecule has 20 heavy (non-hydrogen) atoms. The van der Waals surface area contributed by atoms with Crippen molar-refractivity contribution in [2.75, 3.05) is 5.32 Å². The third-order valence-corrected chi connectivity index (χ3v) is 2.68. The molecule has 0 aromatic heterocycles. The summed E-state index contributed by atoms with van der Waals surface area (Å²) in [6.45, 7) is 0.0944. The average molecular weight is 279 g/mol. The third-order valence-electron chi connectivity index (χ3n) is 2.68.